The molecule has 1 saturated carbocycles. The number of thiophene rings is 1. The lowest BCUT2D eigenvalue weighted by molar-refractivity contribution is -0.146. The Hall–Kier alpha value is -2.39. The molecule has 9 heteroatoms. The number of amides is 1. The van der Waals surface area contributed by atoms with Crippen LogP contribution < -0.4 is 4.74 Å². The van der Waals surface area contributed by atoms with Gasteiger partial charge in [-0.1, -0.05) is 50.8 Å². The number of methoxy groups -OCH3 is 1. The van der Waals surface area contributed by atoms with Crippen molar-refractivity contribution in [1.82, 2.24) is 4.90 Å². The molecule has 0 aliphatic heterocycles. The highest BCUT2D eigenvalue weighted by atomic mass is 79.9. The lowest BCUT2D eigenvalue weighted by Gasteiger charge is -2.34. The molecule has 7 nitrogen and oxygen atoms in total. The summed E-state index contributed by atoms with van der Waals surface area (Å²) in [6.45, 7) is 4.21. The smallest absolute Gasteiger partial charge is 0.351 e. The van der Waals surface area contributed by atoms with Gasteiger partial charge >= 0.3 is 11.9 Å². The zero-order valence-corrected chi connectivity index (χ0v) is 23.5. The van der Waals surface area contributed by atoms with Gasteiger partial charge in [0.25, 0.3) is 0 Å². The van der Waals surface area contributed by atoms with Crippen LogP contribution in [-0.2, 0) is 25.6 Å². The molecule has 196 valence electrons. The largest absolute Gasteiger partial charge is 0.479 e. The van der Waals surface area contributed by atoms with Crippen molar-refractivity contribution >= 4 is 45.1 Å². The minimum atomic E-state index is -0.544. The molecule has 36 heavy (non-hydrogen) atoms. The number of halogens is 1. The highest BCUT2D eigenvalue weighted by molar-refractivity contribution is 9.10. The lowest BCUT2D eigenvalue weighted by atomic mass is 9.93. The predicted octanol–water partition coefficient (Wildman–Crippen LogP) is 6.37. The van der Waals surface area contributed by atoms with E-state index in [0.717, 1.165) is 54.5 Å². The van der Waals surface area contributed by atoms with Gasteiger partial charge in [-0.05, 0) is 52.4 Å². The van der Waals surface area contributed by atoms with Crippen molar-refractivity contribution in [1.29, 1.82) is 0 Å². The van der Waals surface area contributed by atoms with E-state index in [1.54, 1.807) is 6.92 Å². The number of esters is 2. The number of carbonyl (C=O) groups is 3. The number of nitrogens with zero attached hydrogens (tertiary/aromatic N) is 1. The first-order chi connectivity index (χ1) is 17.3. The number of hydrogen-bond donors (Lipinski definition) is 0. The van der Waals surface area contributed by atoms with Crippen molar-refractivity contribution < 1.29 is 28.6 Å². The van der Waals surface area contributed by atoms with Crippen molar-refractivity contribution in [2.75, 3.05) is 20.3 Å². The van der Waals surface area contributed by atoms with E-state index in [1.165, 1.54) is 24.9 Å². The summed E-state index contributed by atoms with van der Waals surface area (Å²) in [5.74, 6) is -0.697. The first-order valence-corrected chi connectivity index (χ1v) is 14.0. The van der Waals surface area contributed by atoms with Crippen LogP contribution in [0, 0.1) is 0 Å². The molecule has 0 saturated heterocycles. The third-order valence-electron chi connectivity index (χ3n) is 6.24. The zero-order valence-electron chi connectivity index (χ0n) is 21.1. The maximum absolute atomic E-state index is 12.5. The van der Waals surface area contributed by atoms with Crippen LogP contribution >= 0.6 is 27.3 Å². The van der Waals surface area contributed by atoms with Crippen molar-refractivity contribution in [2.24, 2.45) is 0 Å². The Morgan fingerprint density at radius 2 is 1.92 bits per heavy atom. The fourth-order valence-corrected chi connectivity index (χ4v) is 6.31. The highest BCUT2D eigenvalue weighted by Crippen LogP contribution is 2.46. The summed E-state index contributed by atoms with van der Waals surface area (Å²) in [6, 6.07) is 8.20. The second-order valence-corrected chi connectivity index (χ2v) is 10.7. The van der Waals surface area contributed by atoms with Crippen molar-refractivity contribution in [3.63, 3.8) is 0 Å². The summed E-state index contributed by atoms with van der Waals surface area (Å²) >= 11 is 4.80. The van der Waals surface area contributed by atoms with Gasteiger partial charge in [-0.2, -0.15) is 0 Å². The van der Waals surface area contributed by atoms with Gasteiger partial charge in [-0.3, -0.25) is 4.79 Å². The molecule has 1 aromatic heterocycles. The fraction of sp³-hybridized carbons (Fsp3) is 0.519. The van der Waals surface area contributed by atoms with E-state index in [4.69, 9.17) is 14.2 Å². The van der Waals surface area contributed by atoms with Gasteiger partial charge in [0.1, 0.15) is 0 Å². The number of unbranched alkanes of at least 4 members (excludes halogenated alkanes) is 1. The molecule has 1 amide bonds. The fourth-order valence-electron chi connectivity index (χ4n) is 4.34. The van der Waals surface area contributed by atoms with Gasteiger partial charge in [-0.25, -0.2) is 9.59 Å². The van der Waals surface area contributed by atoms with Crippen LogP contribution in [0.4, 0.5) is 0 Å². The number of rotatable bonds is 11. The third-order valence-corrected chi connectivity index (χ3v) is 8.46. The maximum atomic E-state index is 12.5. The van der Waals surface area contributed by atoms with Crippen LogP contribution in [0.15, 0.2) is 28.7 Å². The predicted molar refractivity (Wildman–Crippen MR) is 143 cm³/mol. The SMILES string of the molecule is CCCCOC(=O)COc1c(C(=O)OC)sc(-c2cccc(CN(C(C)=O)C3CCCCC3)c2)c1Br. The van der Waals surface area contributed by atoms with E-state index in [2.05, 4.69) is 15.9 Å². The standard InChI is InChI=1S/C27H34BrNO6S/c1-4-5-14-34-22(31)17-35-24-23(28)25(36-26(24)27(32)33-3)20-11-9-10-19(15-20)16-29(18(2)30)21-12-7-6-8-13-21/h9-11,15,21H,4-8,12-14,16-17H2,1-3H3. The van der Waals surface area contributed by atoms with Crippen molar-refractivity contribution in [3.8, 4) is 16.2 Å². The Balaban J connectivity index is 1.83. The van der Waals surface area contributed by atoms with Crippen LogP contribution in [-0.4, -0.2) is 49.1 Å². The minimum absolute atomic E-state index is 0.0825. The summed E-state index contributed by atoms with van der Waals surface area (Å²) < 4.78 is 16.4. The number of hydrogen-bond acceptors (Lipinski definition) is 7. The van der Waals surface area contributed by atoms with E-state index in [0.29, 0.717) is 17.6 Å². The van der Waals surface area contributed by atoms with E-state index in [-0.39, 0.29) is 29.2 Å². The van der Waals surface area contributed by atoms with Gasteiger partial charge in [-0.15, -0.1) is 11.3 Å². The van der Waals surface area contributed by atoms with Crippen LogP contribution in [0.2, 0.25) is 0 Å². The first kappa shape index (κ1) is 28.2. The number of carbonyl (C=O) groups excluding carboxylic acids is 3. The molecule has 0 N–H and O–H groups in total. The molecule has 1 aliphatic carbocycles. The molecule has 1 aliphatic rings. The normalized spacial score (nSPS) is 13.8. The van der Waals surface area contributed by atoms with E-state index in [1.807, 2.05) is 36.1 Å². The Kier molecular flexibility index (Phi) is 10.8. The summed E-state index contributed by atoms with van der Waals surface area (Å²) in [4.78, 5) is 40.0. The average molecular weight is 581 g/mol. The Bertz CT molecular complexity index is 1060. The zero-order chi connectivity index (χ0) is 26.1. The average Bonchev–Trinajstić information content (AvgIpc) is 3.22. The third kappa shape index (κ3) is 7.32. The molecule has 0 unspecified atom stereocenters. The van der Waals surface area contributed by atoms with Crippen LogP contribution in [0.25, 0.3) is 10.4 Å². The lowest BCUT2D eigenvalue weighted by Crippen LogP contribution is -2.39. The molecular weight excluding hydrogens is 546 g/mol. The molecule has 0 atom stereocenters. The van der Waals surface area contributed by atoms with Crippen LogP contribution in [0.3, 0.4) is 0 Å². The topological polar surface area (TPSA) is 82.1 Å². The molecule has 1 heterocycles. The molecule has 0 radical (unpaired) electrons. The Morgan fingerprint density at radius 3 is 2.58 bits per heavy atom. The second kappa shape index (κ2) is 13.8. The van der Waals surface area contributed by atoms with Crippen LogP contribution in [0.1, 0.15) is 74.0 Å². The summed E-state index contributed by atoms with van der Waals surface area (Å²) in [5.41, 5.74) is 1.89. The molecule has 1 aromatic carbocycles. The molecule has 0 bridgehead atoms. The Labute approximate surface area is 225 Å². The van der Waals surface area contributed by atoms with E-state index in [9.17, 15) is 14.4 Å². The van der Waals surface area contributed by atoms with Gasteiger partial charge < -0.3 is 19.1 Å². The van der Waals surface area contributed by atoms with Gasteiger partial charge in [0, 0.05) is 19.5 Å². The van der Waals surface area contributed by atoms with Crippen molar-refractivity contribution in [3.05, 3.63) is 39.2 Å². The molecule has 1 fully saturated rings. The molecular formula is C27H34BrNO6S. The van der Waals surface area contributed by atoms with Gasteiger partial charge in [0.05, 0.1) is 23.1 Å². The minimum Gasteiger partial charge on any atom is -0.479 e. The quantitative estimate of drug-likeness (QED) is 0.227. The summed E-state index contributed by atoms with van der Waals surface area (Å²) in [5, 5.41) is 0. The maximum Gasteiger partial charge on any atom is 0.351 e. The highest BCUT2D eigenvalue weighted by Gasteiger charge is 2.27. The molecule has 0 spiro atoms. The molecule has 2 aromatic rings. The molecule has 3 rings (SSSR count). The van der Waals surface area contributed by atoms with Crippen molar-refractivity contribution in [2.45, 2.75) is 71.4 Å². The first-order valence-electron chi connectivity index (χ1n) is 12.4. The number of benzene rings is 1. The van der Waals surface area contributed by atoms with Gasteiger partial charge in [0.15, 0.2) is 17.2 Å². The summed E-state index contributed by atoms with van der Waals surface area (Å²) in [7, 11) is 1.31. The number of ether oxygens (including phenoxy) is 3. The van der Waals surface area contributed by atoms with E-state index < -0.39 is 11.9 Å². The monoisotopic (exact) mass is 579 g/mol. The summed E-state index contributed by atoms with van der Waals surface area (Å²) in [6.07, 6.45) is 7.32. The van der Waals surface area contributed by atoms with E-state index >= 15 is 0 Å². The Morgan fingerprint density at radius 1 is 1.17 bits per heavy atom. The second-order valence-electron chi connectivity index (χ2n) is 8.90. The van der Waals surface area contributed by atoms with Crippen LogP contribution in [0.5, 0.6) is 5.75 Å². The van der Waals surface area contributed by atoms with Gasteiger partial charge in [0.2, 0.25) is 5.91 Å².